The molecular weight excluding hydrogens is 827 g/mol. The summed E-state index contributed by atoms with van der Waals surface area (Å²) in [6.45, 7) is 4.28. The van der Waals surface area contributed by atoms with E-state index in [1.54, 1.807) is 24.3 Å². The number of thiophene rings is 2. The molecule has 0 spiro atoms. The lowest BCUT2D eigenvalue weighted by molar-refractivity contribution is -0.139. The van der Waals surface area contributed by atoms with Crippen molar-refractivity contribution in [1.29, 1.82) is 0 Å². The van der Waals surface area contributed by atoms with Gasteiger partial charge in [0.1, 0.15) is 22.4 Å². The Morgan fingerprint density at radius 3 is 1.29 bits per heavy atom. The maximum absolute atomic E-state index is 14.1. The Bertz CT molecular complexity index is 2270. The van der Waals surface area contributed by atoms with Crippen LogP contribution in [0.1, 0.15) is 113 Å². The predicted octanol–water partition coefficient (Wildman–Crippen LogP) is 17.1. The molecule has 306 valence electrons. The van der Waals surface area contributed by atoms with E-state index in [1.807, 2.05) is 24.3 Å². The van der Waals surface area contributed by atoms with Crippen LogP contribution in [0.4, 0.5) is 37.7 Å². The summed E-state index contributed by atoms with van der Waals surface area (Å²) in [6.07, 6.45) is 3.85. The second kappa shape index (κ2) is 18.7. The van der Waals surface area contributed by atoms with Crippen LogP contribution in [-0.4, -0.2) is 8.75 Å². The van der Waals surface area contributed by atoms with E-state index in [1.165, 1.54) is 34.8 Å². The number of rotatable bonds is 18. The lowest BCUT2D eigenvalue weighted by Crippen LogP contribution is -2.09. The summed E-state index contributed by atoms with van der Waals surface area (Å²) < 4.78 is 103. The molecule has 4 nitrogen and oxygen atoms in total. The van der Waals surface area contributed by atoms with Crippen LogP contribution in [0.15, 0.2) is 69.4 Å². The van der Waals surface area contributed by atoms with Gasteiger partial charge in [0.15, 0.2) is 0 Å². The van der Waals surface area contributed by atoms with Crippen molar-refractivity contribution in [1.82, 2.24) is 8.75 Å². The Morgan fingerprint density at radius 1 is 0.483 bits per heavy atom. The lowest BCUT2D eigenvalue weighted by atomic mass is 9.97. The fourth-order valence-electron chi connectivity index (χ4n) is 7.63. The summed E-state index contributed by atoms with van der Waals surface area (Å²) in [4.78, 5) is 3.37. The molecular formula is C44H44F6N4S4. The molecule has 3 aromatic carbocycles. The third-order valence-electron chi connectivity index (χ3n) is 10.6. The standard InChI is InChI=1S/C44H44F6N4S4/c1-3-5-7-9-11-13-15-27-25-29(17-19-31(27)43(45,46)47)33-21-23-35(55-33)37-39-41(53-57-51-39)38(42-40(37)52-58-54-42)36-24-22-34(56-36)30-18-20-32(44(48,49)50)28(26-30)16-14-12-10-8-6-4-2/h17-26H,3-16H2,1-2H3. The van der Waals surface area contributed by atoms with Crippen molar-refractivity contribution in [2.45, 2.75) is 116 Å². The Balaban J connectivity index is 1.18. The summed E-state index contributed by atoms with van der Waals surface area (Å²) in [5, 5.41) is 0. The zero-order valence-electron chi connectivity index (χ0n) is 32.4. The van der Waals surface area contributed by atoms with Crippen LogP contribution < -0.4 is 0 Å². The molecule has 0 unspecified atom stereocenters. The van der Waals surface area contributed by atoms with Crippen molar-refractivity contribution < 1.29 is 26.3 Å². The normalized spacial score (nSPS) is 12.8. The number of nitrogens with zero attached hydrogens (tertiary/aromatic N) is 4. The van der Waals surface area contributed by atoms with Crippen molar-refractivity contribution in [2.75, 3.05) is 0 Å². The van der Waals surface area contributed by atoms with Gasteiger partial charge in [0.2, 0.25) is 0 Å². The molecule has 0 aliphatic carbocycles. The molecule has 0 fully saturated rings. The van der Waals surface area contributed by atoms with Crippen LogP contribution in [0.25, 0.3) is 52.8 Å². The molecule has 0 atom stereocenters. The molecule has 7 rings (SSSR count). The zero-order valence-corrected chi connectivity index (χ0v) is 35.6. The van der Waals surface area contributed by atoms with Gasteiger partial charge in [0.25, 0.3) is 0 Å². The lowest BCUT2D eigenvalue weighted by Gasteiger charge is -2.14. The van der Waals surface area contributed by atoms with Crippen LogP contribution in [0.5, 0.6) is 0 Å². The van der Waals surface area contributed by atoms with Crippen molar-refractivity contribution in [3.8, 4) is 41.8 Å². The summed E-state index contributed by atoms with van der Waals surface area (Å²) in [6, 6.07) is 16.7. The number of fused-ring (bicyclic) bond motifs is 2. The van der Waals surface area contributed by atoms with Gasteiger partial charge >= 0.3 is 12.4 Å². The number of halogens is 6. The highest BCUT2D eigenvalue weighted by Crippen LogP contribution is 2.55. The van der Waals surface area contributed by atoms with Crippen molar-refractivity contribution in [3.63, 3.8) is 0 Å². The summed E-state index contributed by atoms with van der Waals surface area (Å²) in [5.41, 5.74) is 5.07. The first-order valence-corrected chi connectivity index (χ1v) is 23.1. The van der Waals surface area contributed by atoms with E-state index in [-0.39, 0.29) is 0 Å². The number of benzene rings is 3. The Kier molecular flexibility index (Phi) is 13.7. The van der Waals surface area contributed by atoms with E-state index in [2.05, 4.69) is 13.8 Å². The number of aromatic nitrogens is 2. The first-order valence-electron chi connectivity index (χ1n) is 20.0. The molecule has 4 heterocycles. The maximum Gasteiger partial charge on any atom is 0.416 e. The first-order chi connectivity index (χ1) is 28.0. The fraction of sp³-hybridized carbons (Fsp3) is 0.409. The average molecular weight is 871 g/mol. The van der Waals surface area contributed by atoms with Crippen LogP contribution in [0.3, 0.4) is 0 Å². The number of aryl methyl sites for hydroxylation is 2. The van der Waals surface area contributed by atoms with Crippen LogP contribution in [-0.2, 0) is 36.5 Å². The molecule has 0 amide bonds. The largest absolute Gasteiger partial charge is 0.416 e. The highest BCUT2D eigenvalue weighted by atomic mass is 32.1. The zero-order chi connectivity index (χ0) is 40.9. The molecule has 0 N–H and O–H groups in total. The predicted molar refractivity (Wildman–Crippen MR) is 231 cm³/mol. The monoisotopic (exact) mass is 870 g/mol. The van der Waals surface area contributed by atoms with Crippen molar-refractivity contribution >= 4 is 68.2 Å². The minimum Gasteiger partial charge on any atom is -0.172 e. The maximum atomic E-state index is 14.1. The Labute approximate surface area is 351 Å². The van der Waals surface area contributed by atoms with Gasteiger partial charge in [-0.3, -0.25) is 0 Å². The van der Waals surface area contributed by atoms with E-state index in [0.29, 0.717) is 59.2 Å². The smallest absolute Gasteiger partial charge is 0.172 e. The molecule has 0 radical (unpaired) electrons. The molecule has 0 saturated carbocycles. The average Bonchev–Trinajstić information content (AvgIpc) is 4.04. The molecule has 1 aliphatic rings. The number of hydrogen-bond acceptors (Lipinski definition) is 7. The number of unbranched alkanes of at least 4 members (excludes halogenated alkanes) is 10. The SMILES string of the molecule is CCCCCCCCc1cc(-c2ccc(-c3c4c(c(-c5ccc(-c6ccc(C(F)(F)F)c(CCCCCCCC)c6)s5)c5nsnc35)N=S=N4)s2)ccc1C(F)(F)F. The third-order valence-corrected chi connectivity index (χ3v) is 14.0. The van der Waals surface area contributed by atoms with Crippen LogP contribution >= 0.6 is 34.4 Å². The quantitative estimate of drug-likeness (QED) is 0.0637. The fourth-order valence-corrected chi connectivity index (χ4v) is 10.8. The molecule has 58 heavy (non-hydrogen) atoms. The van der Waals surface area contributed by atoms with Crippen LogP contribution in [0, 0.1) is 0 Å². The Hall–Kier alpha value is -3.72. The van der Waals surface area contributed by atoms with Gasteiger partial charge in [-0.25, -0.2) is 0 Å². The second-order valence-corrected chi connectivity index (χ2v) is 18.0. The highest BCUT2D eigenvalue weighted by molar-refractivity contribution is 7.58. The van der Waals surface area contributed by atoms with E-state index in [4.69, 9.17) is 17.5 Å². The van der Waals surface area contributed by atoms with Gasteiger partial charge in [0, 0.05) is 30.6 Å². The molecule has 3 aromatic heterocycles. The minimum atomic E-state index is -4.43. The topological polar surface area (TPSA) is 50.5 Å². The Morgan fingerprint density at radius 2 is 0.879 bits per heavy atom. The molecule has 14 heteroatoms. The van der Waals surface area contributed by atoms with Gasteiger partial charge in [-0.1, -0.05) is 90.2 Å². The van der Waals surface area contributed by atoms with E-state index in [9.17, 15) is 26.3 Å². The first kappa shape index (κ1) is 42.4. The molecule has 1 aliphatic heterocycles. The van der Waals surface area contributed by atoms with Gasteiger partial charge in [-0.15, -0.1) is 22.7 Å². The number of hydrogen-bond donors (Lipinski definition) is 0. The molecule has 6 aromatic rings. The number of alkyl halides is 6. The van der Waals surface area contributed by atoms with E-state index >= 15 is 0 Å². The van der Waals surface area contributed by atoms with E-state index < -0.39 is 23.5 Å². The summed E-state index contributed by atoms with van der Waals surface area (Å²) >= 11 is 5.08. The highest BCUT2D eigenvalue weighted by Gasteiger charge is 2.35. The molecule has 0 bridgehead atoms. The minimum absolute atomic E-state index is 0.317. The summed E-state index contributed by atoms with van der Waals surface area (Å²) in [7, 11) is 0. The van der Waals surface area contributed by atoms with Gasteiger partial charge in [-0.2, -0.15) is 43.8 Å². The van der Waals surface area contributed by atoms with Crippen molar-refractivity contribution in [3.05, 3.63) is 82.9 Å². The van der Waals surface area contributed by atoms with Gasteiger partial charge < -0.3 is 0 Å². The molecule has 0 saturated heterocycles. The third kappa shape index (κ3) is 9.50. The van der Waals surface area contributed by atoms with Gasteiger partial charge in [-0.05, 0) is 96.5 Å². The summed E-state index contributed by atoms with van der Waals surface area (Å²) in [5.74, 6) is 0. The van der Waals surface area contributed by atoms with Crippen LogP contribution in [0.2, 0.25) is 0 Å². The van der Waals surface area contributed by atoms with Crippen molar-refractivity contribution in [2.24, 2.45) is 8.73 Å². The van der Waals surface area contributed by atoms with E-state index in [0.717, 1.165) is 129 Å². The second-order valence-electron chi connectivity index (χ2n) is 14.8. The van der Waals surface area contributed by atoms with Gasteiger partial charge in [0.05, 0.1) is 34.2 Å².